The summed E-state index contributed by atoms with van der Waals surface area (Å²) in [5, 5.41) is 17.3. The van der Waals surface area contributed by atoms with E-state index in [2.05, 4.69) is 10.2 Å². The third kappa shape index (κ3) is 2.91. The first-order chi connectivity index (χ1) is 8.39. The number of nitrogens with zero attached hydrogens (tertiary/aromatic N) is 3. The van der Waals surface area contributed by atoms with Crippen LogP contribution < -0.4 is 0 Å². The molecule has 1 aromatic heterocycles. The Labute approximate surface area is 115 Å². The standard InChI is InChI=1S/C11H13Cl2N3O2/c1-11(18)3-2-4-16(6-11)10(17)7-5-8(12)14-15-9(7)13/h5,18H,2-4,6H2,1H3. The van der Waals surface area contributed by atoms with Crippen LogP contribution in [0.15, 0.2) is 6.07 Å². The Balaban J connectivity index is 2.23. The fourth-order valence-electron chi connectivity index (χ4n) is 2.07. The second-order valence-electron chi connectivity index (χ2n) is 4.70. The maximum atomic E-state index is 12.3. The van der Waals surface area contributed by atoms with Crippen molar-refractivity contribution >= 4 is 29.1 Å². The molecule has 1 aromatic rings. The number of hydrogen-bond donors (Lipinski definition) is 1. The van der Waals surface area contributed by atoms with Crippen LogP contribution in [0.25, 0.3) is 0 Å². The molecule has 7 heteroatoms. The maximum Gasteiger partial charge on any atom is 0.257 e. The van der Waals surface area contributed by atoms with Gasteiger partial charge < -0.3 is 10.0 Å². The second kappa shape index (κ2) is 4.99. The summed E-state index contributed by atoms with van der Waals surface area (Å²) in [7, 11) is 0. The van der Waals surface area contributed by atoms with Gasteiger partial charge in [0.1, 0.15) is 0 Å². The lowest BCUT2D eigenvalue weighted by molar-refractivity contribution is -0.0107. The lowest BCUT2D eigenvalue weighted by atomic mass is 9.95. The highest BCUT2D eigenvalue weighted by Gasteiger charge is 2.32. The van der Waals surface area contributed by atoms with Crippen LogP contribution in [-0.2, 0) is 0 Å². The molecule has 1 saturated heterocycles. The lowest BCUT2D eigenvalue weighted by Crippen LogP contribution is -2.48. The molecule has 0 aliphatic carbocycles. The van der Waals surface area contributed by atoms with Crippen LogP contribution in [0.5, 0.6) is 0 Å². The summed E-state index contributed by atoms with van der Waals surface area (Å²) in [5.74, 6) is -0.281. The third-order valence-corrected chi connectivity index (χ3v) is 3.38. The molecule has 1 amide bonds. The number of piperidine rings is 1. The Morgan fingerprint density at radius 2 is 2.22 bits per heavy atom. The zero-order chi connectivity index (χ0) is 13.3. The van der Waals surface area contributed by atoms with Gasteiger partial charge in [0, 0.05) is 13.1 Å². The summed E-state index contributed by atoms with van der Waals surface area (Å²) in [6.45, 7) is 2.58. The van der Waals surface area contributed by atoms with Crippen molar-refractivity contribution in [2.45, 2.75) is 25.4 Å². The lowest BCUT2D eigenvalue weighted by Gasteiger charge is -2.36. The van der Waals surface area contributed by atoms with Crippen LogP contribution in [0.4, 0.5) is 0 Å². The first kappa shape index (κ1) is 13.5. The number of carbonyl (C=O) groups excluding carboxylic acids is 1. The molecule has 0 bridgehead atoms. The van der Waals surface area contributed by atoms with E-state index in [9.17, 15) is 9.90 Å². The highest BCUT2D eigenvalue weighted by molar-refractivity contribution is 6.34. The minimum absolute atomic E-state index is 0.0228. The summed E-state index contributed by atoms with van der Waals surface area (Å²) in [6.07, 6.45) is 1.43. The minimum Gasteiger partial charge on any atom is -0.388 e. The van der Waals surface area contributed by atoms with Crippen LogP contribution >= 0.6 is 23.2 Å². The molecular formula is C11H13Cl2N3O2. The molecule has 0 saturated carbocycles. The quantitative estimate of drug-likeness (QED) is 0.856. The monoisotopic (exact) mass is 289 g/mol. The maximum absolute atomic E-state index is 12.3. The van der Waals surface area contributed by atoms with E-state index in [0.29, 0.717) is 13.0 Å². The van der Waals surface area contributed by atoms with Crippen LogP contribution in [0, 0.1) is 0 Å². The number of likely N-dealkylation sites (tertiary alicyclic amines) is 1. The van der Waals surface area contributed by atoms with E-state index < -0.39 is 5.60 Å². The number of hydrogen-bond acceptors (Lipinski definition) is 4. The number of aromatic nitrogens is 2. The molecule has 1 N–H and O–H groups in total. The van der Waals surface area contributed by atoms with Crippen molar-refractivity contribution in [2.24, 2.45) is 0 Å². The van der Waals surface area contributed by atoms with Gasteiger partial charge >= 0.3 is 0 Å². The van der Waals surface area contributed by atoms with E-state index in [4.69, 9.17) is 23.2 Å². The molecule has 5 nitrogen and oxygen atoms in total. The molecule has 98 valence electrons. The average Bonchev–Trinajstić information content (AvgIpc) is 2.30. The van der Waals surface area contributed by atoms with E-state index in [0.717, 1.165) is 6.42 Å². The number of rotatable bonds is 1. The molecule has 1 unspecified atom stereocenters. The highest BCUT2D eigenvalue weighted by atomic mass is 35.5. The van der Waals surface area contributed by atoms with Crippen LogP contribution in [0.3, 0.4) is 0 Å². The van der Waals surface area contributed by atoms with Gasteiger partial charge in [-0.05, 0) is 25.8 Å². The summed E-state index contributed by atoms with van der Waals surface area (Å²) in [4.78, 5) is 13.8. The van der Waals surface area contributed by atoms with Crippen molar-refractivity contribution in [3.8, 4) is 0 Å². The molecule has 0 radical (unpaired) electrons. The van der Waals surface area contributed by atoms with Crippen molar-refractivity contribution in [1.29, 1.82) is 0 Å². The molecule has 1 atom stereocenters. The molecule has 1 aliphatic rings. The van der Waals surface area contributed by atoms with Crippen LogP contribution in [0.2, 0.25) is 10.3 Å². The van der Waals surface area contributed by atoms with Crippen molar-refractivity contribution < 1.29 is 9.90 Å². The molecule has 18 heavy (non-hydrogen) atoms. The number of aliphatic hydroxyl groups is 1. The highest BCUT2D eigenvalue weighted by Crippen LogP contribution is 2.24. The van der Waals surface area contributed by atoms with Crippen molar-refractivity contribution in [2.75, 3.05) is 13.1 Å². The molecule has 0 spiro atoms. The van der Waals surface area contributed by atoms with E-state index in [1.165, 1.54) is 6.07 Å². The van der Waals surface area contributed by atoms with E-state index >= 15 is 0 Å². The molecule has 0 aromatic carbocycles. The Kier molecular flexibility index (Phi) is 3.75. The molecule has 2 rings (SSSR count). The first-order valence-electron chi connectivity index (χ1n) is 5.59. The number of β-amino-alcohol motifs (C(OH)–C–C–N with tert-alkyl or cyclic N) is 1. The summed E-state index contributed by atoms with van der Waals surface area (Å²) in [6, 6.07) is 1.39. The van der Waals surface area contributed by atoms with E-state index in [-0.39, 0.29) is 28.3 Å². The zero-order valence-corrected chi connectivity index (χ0v) is 11.4. The van der Waals surface area contributed by atoms with Gasteiger partial charge in [0.05, 0.1) is 11.2 Å². The van der Waals surface area contributed by atoms with Gasteiger partial charge in [0.25, 0.3) is 5.91 Å². The van der Waals surface area contributed by atoms with Crippen molar-refractivity contribution in [3.63, 3.8) is 0 Å². The van der Waals surface area contributed by atoms with Gasteiger partial charge in [0.2, 0.25) is 0 Å². The number of halogens is 2. The fraction of sp³-hybridized carbons (Fsp3) is 0.545. The predicted molar refractivity (Wildman–Crippen MR) is 67.8 cm³/mol. The van der Waals surface area contributed by atoms with Gasteiger partial charge in [-0.25, -0.2) is 0 Å². The molecule has 1 fully saturated rings. The summed E-state index contributed by atoms with van der Waals surface area (Å²) >= 11 is 11.5. The van der Waals surface area contributed by atoms with Crippen molar-refractivity contribution in [3.05, 3.63) is 21.9 Å². The first-order valence-corrected chi connectivity index (χ1v) is 6.35. The van der Waals surface area contributed by atoms with Gasteiger partial charge in [-0.3, -0.25) is 4.79 Å². The third-order valence-electron chi connectivity index (χ3n) is 2.91. The zero-order valence-electron chi connectivity index (χ0n) is 9.86. The number of carbonyl (C=O) groups is 1. The Morgan fingerprint density at radius 1 is 1.50 bits per heavy atom. The Morgan fingerprint density at radius 3 is 2.89 bits per heavy atom. The topological polar surface area (TPSA) is 66.3 Å². The van der Waals surface area contributed by atoms with E-state index in [1.807, 2.05) is 0 Å². The largest absolute Gasteiger partial charge is 0.388 e. The van der Waals surface area contributed by atoms with Crippen molar-refractivity contribution in [1.82, 2.24) is 15.1 Å². The van der Waals surface area contributed by atoms with Gasteiger partial charge in [-0.2, -0.15) is 0 Å². The van der Waals surface area contributed by atoms with E-state index in [1.54, 1.807) is 11.8 Å². The van der Waals surface area contributed by atoms with Gasteiger partial charge in [-0.1, -0.05) is 23.2 Å². The molecular weight excluding hydrogens is 277 g/mol. The van der Waals surface area contributed by atoms with Gasteiger partial charge in [-0.15, -0.1) is 10.2 Å². The Hall–Kier alpha value is -0.910. The second-order valence-corrected chi connectivity index (χ2v) is 5.44. The molecule has 2 heterocycles. The van der Waals surface area contributed by atoms with Crippen LogP contribution in [0.1, 0.15) is 30.1 Å². The van der Waals surface area contributed by atoms with Crippen LogP contribution in [-0.4, -0.2) is 44.8 Å². The summed E-state index contributed by atoms with van der Waals surface area (Å²) in [5.41, 5.74) is -0.640. The minimum atomic E-state index is -0.857. The normalized spacial score (nSPS) is 24.1. The SMILES string of the molecule is CC1(O)CCCN(C(=O)c2cc(Cl)nnc2Cl)C1. The Bertz CT molecular complexity index is 479. The van der Waals surface area contributed by atoms with Gasteiger partial charge in [0.15, 0.2) is 10.3 Å². The fourth-order valence-corrected chi connectivity index (χ4v) is 2.39. The smallest absolute Gasteiger partial charge is 0.257 e. The molecule has 1 aliphatic heterocycles. The average molecular weight is 290 g/mol. The number of amides is 1. The summed E-state index contributed by atoms with van der Waals surface area (Å²) < 4.78 is 0. The predicted octanol–water partition coefficient (Wildman–Crippen LogP) is 1.77.